The summed E-state index contributed by atoms with van der Waals surface area (Å²) in [6.45, 7) is 2.64. The average Bonchev–Trinajstić information content (AvgIpc) is 2.37. The number of anilines is 1. The van der Waals surface area contributed by atoms with Gasteiger partial charge in [-0.3, -0.25) is 0 Å². The Morgan fingerprint density at radius 1 is 1.53 bits per heavy atom. The van der Waals surface area contributed by atoms with Crippen LogP contribution >= 0.6 is 0 Å². The first kappa shape index (κ1) is 13.5. The van der Waals surface area contributed by atoms with E-state index in [2.05, 4.69) is 6.07 Å². The molecule has 0 bridgehead atoms. The van der Waals surface area contributed by atoms with E-state index in [0.29, 0.717) is 12.1 Å². The first-order chi connectivity index (χ1) is 8.12. The number of hydrogen-bond acceptors (Lipinski definition) is 4. The highest BCUT2D eigenvalue weighted by atomic mass is 16.5. The van der Waals surface area contributed by atoms with Crippen molar-refractivity contribution < 1.29 is 9.84 Å². The first-order valence-corrected chi connectivity index (χ1v) is 5.50. The maximum absolute atomic E-state index is 9.09. The van der Waals surface area contributed by atoms with Crippen LogP contribution in [-0.4, -0.2) is 31.9 Å². The quantitative estimate of drug-likeness (QED) is 0.839. The van der Waals surface area contributed by atoms with Gasteiger partial charge in [0.25, 0.3) is 0 Å². The fraction of sp³-hybridized carbons (Fsp3) is 0.462. The van der Waals surface area contributed by atoms with Crippen molar-refractivity contribution in [3.8, 4) is 6.07 Å². The second-order valence-electron chi connectivity index (χ2n) is 4.05. The Balaban J connectivity index is 2.93. The van der Waals surface area contributed by atoms with Gasteiger partial charge in [0.2, 0.25) is 0 Å². The maximum Gasteiger partial charge on any atom is 0.101 e. The molecular weight excluding hydrogens is 216 g/mol. The van der Waals surface area contributed by atoms with Crippen LogP contribution in [0.5, 0.6) is 0 Å². The summed E-state index contributed by atoms with van der Waals surface area (Å²) >= 11 is 0. The number of rotatable bonds is 5. The van der Waals surface area contributed by atoms with Crippen molar-refractivity contribution >= 4 is 5.69 Å². The average molecular weight is 234 g/mol. The molecule has 0 amide bonds. The van der Waals surface area contributed by atoms with Crippen LogP contribution in [0.1, 0.15) is 18.1 Å². The van der Waals surface area contributed by atoms with Crippen molar-refractivity contribution in [2.24, 2.45) is 0 Å². The van der Waals surface area contributed by atoms with Crippen molar-refractivity contribution in [1.29, 1.82) is 5.26 Å². The van der Waals surface area contributed by atoms with Crippen molar-refractivity contribution in [2.45, 2.75) is 19.6 Å². The molecule has 0 heterocycles. The molecule has 4 nitrogen and oxygen atoms in total. The Labute approximate surface area is 102 Å². The lowest BCUT2D eigenvalue weighted by Crippen LogP contribution is -2.28. The van der Waals surface area contributed by atoms with E-state index in [9.17, 15) is 0 Å². The molecule has 1 atom stereocenters. The van der Waals surface area contributed by atoms with Crippen LogP contribution in [-0.2, 0) is 11.3 Å². The number of likely N-dealkylation sites (N-methyl/N-ethyl adjacent to an activating group) is 1. The Hall–Kier alpha value is -1.57. The van der Waals surface area contributed by atoms with Crippen LogP contribution in [0.25, 0.3) is 0 Å². The fourth-order valence-electron chi connectivity index (χ4n) is 1.66. The first-order valence-electron chi connectivity index (χ1n) is 5.50. The van der Waals surface area contributed by atoms with Crippen molar-refractivity contribution in [2.75, 3.05) is 25.6 Å². The molecule has 0 fully saturated rings. The van der Waals surface area contributed by atoms with Crippen LogP contribution in [0.2, 0.25) is 0 Å². The summed E-state index contributed by atoms with van der Waals surface area (Å²) in [4.78, 5) is 1.98. The van der Waals surface area contributed by atoms with Crippen molar-refractivity contribution in [3.05, 3.63) is 29.3 Å². The van der Waals surface area contributed by atoms with Gasteiger partial charge in [-0.25, -0.2) is 0 Å². The monoisotopic (exact) mass is 234 g/mol. The van der Waals surface area contributed by atoms with Gasteiger partial charge in [-0.2, -0.15) is 5.26 Å². The largest absolute Gasteiger partial charge is 0.392 e. The molecule has 1 unspecified atom stereocenters. The van der Waals surface area contributed by atoms with Gasteiger partial charge in [-0.05, 0) is 24.6 Å². The van der Waals surface area contributed by atoms with Gasteiger partial charge in [0.15, 0.2) is 0 Å². The van der Waals surface area contributed by atoms with Crippen LogP contribution in [0.3, 0.4) is 0 Å². The molecule has 1 rings (SSSR count). The van der Waals surface area contributed by atoms with Gasteiger partial charge in [0.05, 0.1) is 24.0 Å². The van der Waals surface area contributed by atoms with Crippen LogP contribution < -0.4 is 4.90 Å². The predicted octanol–water partition coefficient (Wildman–Crippen LogP) is 1.52. The Morgan fingerprint density at radius 3 is 2.76 bits per heavy atom. The lowest BCUT2D eigenvalue weighted by Gasteiger charge is -2.23. The second-order valence-corrected chi connectivity index (χ2v) is 4.05. The predicted molar refractivity (Wildman–Crippen MR) is 66.8 cm³/mol. The third-order valence-corrected chi connectivity index (χ3v) is 2.71. The normalized spacial score (nSPS) is 11.9. The van der Waals surface area contributed by atoms with E-state index in [-0.39, 0.29) is 12.7 Å². The molecule has 0 aliphatic carbocycles. The van der Waals surface area contributed by atoms with E-state index in [0.717, 1.165) is 11.3 Å². The van der Waals surface area contributed by atoms with E-state index in [1.165, 1.54) is 0 Å². The van der Waals surface area contributed by atoms with Crippen molar-refractivity contribution in [3.63, 3.8) is 0 Å². The molecule has 0 aliphatic heterocycles. The zero-order valence-corrected chi connectivity index (χ0v) is 10.5. The van der Waals surface area contributed by atoms with Crippen LogP contribution in [0, 0.1) is 11.3 Å². The Bertz CT molecular complexity index is 412. The topological polar surface area (TPSA) is 56.5 Å². The highest BCUT2D eigenvalue weighted by Crippen LogP contribution is 2.20. The number of benzene rings is 1. The van der Waals surface area contributed by atoms with Crippen LogP contribution in [0.4, 0.5) is 5.69 Å². The van der Waals surface area contributed by atoms with Gasteiger partial charge in [0.1, 0.15) is 6.07 Å². The van der Waals surface area contributed by atoms with Gasteiger partial charge in [-0.15, -0.1) is 0 Å². The highest BCUT2D eigenvalue weighted by Gasteiger charge is 2.10. The number of hydrogen-bond donors (Lipinski definition) is 1. The maximum atomic E-state index is 9.09. The van der Waals surface area contributed by atoms with Gasteiger partial charge < -0.3 is 14.7 Å². The number of methoxy groups -OCH3 is 1. The molecule has 1 aromatic rings. The molecular formula is C13H18N2O2. The molecule has 0 saturated carbocycles. The summed E-state index contributed by atoms with van der Waals surface area (Å²) in [6, 6.07) is 7.54. The summed E-state index contributed by atoms with van der Waals surface area (Å²) in [5.41, 5.74) is 2.18. The number of aliphatic hydroxyl groups is 1. The Morgan fingerprint density at radius 2 is 2.24 bits per heavy atom. The fourth-order valence-corrected chi connectivity index (χ4v) is 1.66. The standard InChI is InChI=1S/C13H18N2O2/c1-10(17-3)8-15(2)13-5-4-11(9-16)6-12(13)7-14/h4-6,10,16H,8-9H2,1-3H3. The zero-order valence-electron chi connectivity index (χ0n) is 10.5. The molecule has 0 aliphatic rings. The van der Waals surface area contributed by atoms with Gasteiger partial charge in [0, 0.05) is 20.7 Å². The molecule has 92 valence electrons. The zero-order chi connectivity index (χ0) is 12.8. The summed E-state index contributed by atoms with van der Waals surface area (Å²) in [7, 11) is 3.59. The molecule has 4 heteroatoms. The Kier molecular flexibility index (Phi) is 4.95. The third kappa shape index (κ3) is 3.45. The summed E-state index contributed by atoms with van der Waals surface area (Å²) in [5, 5.41) is 18.1. The van der Waals surface area contributed by atoms with Crippen molar-refractivity contribution in [1.82, 2.24) is 0 Å². The third-order valence-electron chi connectivity index (χ3n) is 2.71. The SMILES string of the molecule is COC(C)CN(C)c1ccc(CO)cc1C#N. The van der Waals surface area contributed by atoms with E-state index in [1.807, 2.05) is 31.0 Å². The highest BCUT2D eigenvalue weighted by molar-refractivity contribution is 5.60. The number of nitriles is 1. The van der Waals surface area contributed by atoms with Gasteiger partial charge >= 0.3 is 0 Å². The molecule has 0 spiro atoms. The molecule has 17 heavy (non-hydrogen) atoms. The minimum Gasteiger partial charge on any atom is -0.392 e. The van der Waals surface area contributed by atoms with Gasteiger partial charge in [-0.1, -0.05) is 6.07 Å². The van der Waals surface area contributed by atoms with E-state index in [4.69, 9.17) is 15.1 Å². The molecule has 0 saturated heterocycles. The van der Waals surface area contributed by atoms with E-state index < -0.39 is 0 Å². The summed E-state index contributed by atoms with van der Waals surface area (Å²) in [6.07, 6.45) is 0.101. The molecule has 1 N–H and O–H groups in total. The molecule has 0 aromatic heterocycles. The smallest absolute Gasteiger partial charge is 0.101 e. The van der Waals surface area contributed by atoms with Crippen LogP contribution in [0.15, 0.2) is 18.2 Å². The summed E-state index contributed by atoms with van der Waals surface area (Å²) < 4.78 is 5.20. The number of nitrogens with zero attached hydrogens (tertiary/aromatic N) is 2. The minimum atomic E-state index is -0.0485. The van der Waals surface area contributed by atoms with E-state index in [1.54, 1.807) is 13.2 Å². The molecule has 1 aromatic carbocycles. The number of ether oxygens (including phenoxy) is 1. The second kappa shape index (κ2) is 6.24. The minimum absolute atomic E-state index is 0.0485. The summed E-state index contributed by atoms with van der Waals surface area (Å²) in [5.74, 6) is 0. The lowest BCUT2D eigenvalue weighted by atomic mass is 10.1. The number of aliphatic hydroxyl groups excluding tert-OH is 1. The molecule has 0 radical (unpaired) electrons. The van der Waals surface area contributed by atoms with E-state index >= 15 is 0 Å². The lowest BCUT2D eigenvalue weighted by molar-refractivity contribution is 0.124.